The molecule has 9 heteroatoms. The van der Waals surface area contributed by atoms with E-state index in [1.807, 2.05) is 29.5 Å². The van der Waals surface area contributed by atoms with Crippen LogP contribution in [0.5, 0.6) is 0 Å². The molecule has 3 nitrogen and oxygen atoms in total. The van der Waals surface area contributed by atoms with Crippen molar-refractivity contribution in [2.24, 2.45) is 11.8 Å². The van der Waals surface area contributed by atoms with Crippen molar-refractivity contribution in [3.8, 4) is 0 Å². The third-order valence-electron chi connectivity index (χ3n) is 4.71. The highest BCUT2D eigenvalue weighted by atomic mass is 33.8. The van der Waals surface area contributed by atoms with Gasteiger partial charge in [-0.2, -0.15) is 0 Å². The Kier molecular flexibility index (Phi) is 7.19. The Morgan fingerprint density at radius 3 is 2.00 bits per heavy atom. The van der Waals surface area contributed by atoms with E-state index in [-0.39, 0.29) is 0 Å². The maximum absolute atomic E-state index is 6.22. The van der Waals surface area contributed by atoms with Crippen LogP contribution in [0.1, 0.15) is 33.6 Å². The first kappa shape index (κ1) is 18.6. The van der Waals surface area contributed by atoms with E-state index in [0.717, 1.165) is 16.4 Å². The van der Waals surface area contributed by atoms with Crippen LogP contribution in [0, 0.1) is 11.8 Å². The first-order valence-electron chi connectivity index (χ1n) is 7.99. The normalized spacial score (nSPS) is 38.0. The van der Waals surface area contributed by atoms with Crippen LogP contribution in [-0.4, -0.2) is 39.1 Å². The highest BCUT2D eigenvalue weighted by Crippen LogP contribution is 2.69. The van der Waals surface area contributed by atoms with Crippen LogP contribution in [0.4, 0.5) is 0 Å². The molecule has 3 rings (SSSR count). The summed E-state index contributed by atoms with van der Waals surface area (Å²) in [5.41, 5.74) is 0.500. The quantitative estimate of drug-likeness (QED) is 0.395. The second-order valence-electron chi connectivity index (χ2n) is 5.73. The summed E-state index contributed by atoms with van der Waals surface area (Å²) in [4.78, 5) is 0. The molecule has 5 unspecified atom stereocenters. The summed E-state index contributed by atoms with van der Waals surface area (Å²) in [6, 6.07) is 0. The molecule has 5 atom stereocenters. The van der Waals surface area contributed by atoms with Gasteiger partial charge in [-0.15, -0.1) is 0 Å². The average molecular weight is 417 g/mol. The van der Waals surface area contributed by atoms with Gasteiger partial charge in [-0.05, 0) is 74.9 Å². The second-order valence-corrected chi connectivity index (χ2v) is 16.5. The van der Waals surface area contributed by atoms with Gasteiger partial charge in [0.05, 0.1) is 0 Å². The van der Waals surface area contributed by atoms with Gasteiger partial charge in [0.15, 0.2) is 0 Å². The zero-order valence-electron chi connectivity index (χ0n) is 13.2. The van der Waals surface area contributed by atoms with Gasteiger partial charge in [0, 0.05) is 35.9 Å². The molecule has 1 heterocycles. The van der Waals surface area contributed by atoms with Crippen molar-refractivity contribution in [3.05, 3.63) is 0 Å². The van der Waals surface area contributed by atoms with Crippen molar-refractivity contribution >= 4 is 59.9 Å². The fourth-order valence-corrected chi connectivity index (χ4v) is 19.3. The van der Waals surface area contributed by atoms with Crippen LogP contribution < -0.4 is 0 Å². The molecule has 2 bridgehead atoms. The first-order valence-corrected chi connectivity index (χ1v) is 16.1. The van der Waals surface area contributed by atoms with Crippen molar-refractivity contribution in [2.75, 3.05) is 19.8 Å². The molecule has 0 radical (unpaired) electrons. The average Bonchev–Trinajstić information content (AvgIpc) is 2.97. The molecular weight excluding hydrogens is 393 g/mol. The molecule has 22 heavy (non-hydrogen) atoms. The number of hydrogen-bond acceptors (Lipinski definition) is 8. The maximum Gasteiger partial charge on any atom is 0.504 e. The lowest BCUT2D eigenvalue weighted by molar-refractivity contribution is 0.0545. The zero-order chi connectivity index (χ0) is 15.6. The minimum absolute atomic E-state index is 0.500. The van der Waals surface area contributed by atoms with Crippen molar-refractivity contribution in [1.82, 2.24) is 0 Å². The summed E-state index contributed by atoms with van der Waals surface area (Å²) >= 11 is 0. The summed E-state index contributed by atoms with van der Waals surface area (Å²) in [7, 11) is 7.47. The summed E-state index contributed by atoms with van der Waals surface area (Å²) in [6.07, 6.45) is 2.58. The van der Waals surface area contributed by atoms with Gasteiger partial charge in [0.1, 0.15) is 0 Å². The smallest absolute Gasteiger partial charge is 0.374 e. The molecule has 1 saturated heterocycles. The minimum atomic E-state index is -2.55. The van der Waals surface area contributed by atoms with Gasteiger partial charge in [0.25, 0.3) is 0 Å². The van der Waals surface area contributed by atoms with E-state index in [9.17, 15) is 0 Å². The number of fused-ring (bicyclic) bond motifs is 5. The summed E-state index contributed by atoms with van der Waals surface area (Å²) in [5, 5.41) is 1.53. The van der Waals surface area contributed by atoms with Crippen molar-refractivity contribution in [1.29, 1.82) is 0 Å². The van der Waals surface area contributed by atoms with E-state index in [4.69, 9.17) is 13.3 Å². The lowest BCUT2D eigenvalue weighted by atomic mass is 9.99. The summed E-state index contributed by atoms with van der Waals surface area (Å²) in [6.45, 7) is 8.27. The van der Waals surface area contributed by atoms with Crippen LogP contribution in [0.15, 0.2) is 0 Å². The van der Waals surface area contributed by atoms with Crippen LogP contribution in [0.3, 0.4) is 0 Å². The van der Waals surface area contributed by atoms with Crippen LogP contribution in [-0.2, 0) is 13.3 Å². The topological polar surface area (TPSA) is 27.7 Å². The largest absolute Gasteiger partial charge is 0.504 e. The van der Waals surface area contributed by atoms with Gasteiger partial charge in [-0.25, -0.2) is 0 Å². The SMILES string of the molecule is CCO[Si](OCC)(OCC)C1CC2CC1C1SSSSSC21. The number of hydrogen-bond donors (Lipinski definition) is 0. The van der Waals surface area contributed by atoms with Crippen LogP contribution >= 0.6 is 51.1 Å². The first-order chi connectivity index (χ1) is 10.8. The Bertz CT molecular complexity index is 361. The molecular formula is C13H24O3S5Si. The van der Waals surface area contributed by atoms with Crippen molar-refractivity contribution in [2.45, 2.75) is 49.7 Å². The molecule has 128 valence electrons. The van der Waals surface area contributed by atoms with E-state index >= 15 is 0 Å². The Balaban J connectivity index is 1.81. The van der Waals surface area contributed by atoms with Gasteiger partial charge < -0.3 is 13.3 Å². The molecule has 1 aliphatic heterocycles. The lowest BCUT2D eigenvalue weighted by Crippen LogP contribution is -2.54. The Morgan fingerprint density at radius 2 is 1.41 bits per heavy atom. The van der Waals surface area contributed by atoms with Crippen molar-refractivity contribution < 1.29 is 13.3 Å². The molecule has 3 aliphatic rings. The third kappa shape index (κ3) is 3.53. The molecule has 2 aliphatic carbocycles. The predicted octanol–water partition coefficient (Wildman–Crippen LogP) is 5.52. The number of rotatable bonds is 7. The van der Waals surface area contributed by atoms with E-state index < -0.39 is 8.80 Å². The Labute approximate surface area is 153 Å². The molecule has 3 fully saturated rings. The standard InChI is InChI=1S/C13H24O3S5Si/c1-4-14-22(15-5-2,16-6-3)11-8-9-7-10(11)13-12(9)17-19-21-20-18-13/h9-13H,4-8H2,1-3H3. The lowest BCUT2D eigenvalue weighted by Gasteiger charge is -2.41. The molecule has 0 aromatic carbocycles. The van der Waals surface area contributed by atoms with Gasteiger partial charge in [-0.1, -0.05) is 21.6 Å². The molecule has 2 saturated carbocycles. The third-order valence-corrected chi connectivity index (χ3v) is 18.1. The summed E-state index contributed by atoms with van der Waals surface area (Å²) in [5.74, 6) is 1.52. The highest BCUT2D eigenvalue weighted by molar-refractivity contribution is 9.36. The maximum atomic E-state index is 6.22. The summed E-state index contributed by atoms with van der Waals surface area (Å²) < 4.78 is 18.7. The van der Waals surface area contributed by atoms with Crippen LogP contribution in [0.25, 0.3) is 0 Å². The molecule has 0 spiro atoms. The van der Waals surface area contributed by atoms with Crippen LogP contribution in [0.2, 0.25) is 5.54 Å². The monoisotopic (exact) mass is 416 g/mol. The Morgan fingerprint density at radius 1 is 0.818 bits per heavy atom. The van der Waals surface area contributed by atoms with E-state index in [1.165, 1.54) is 12.8 Å². The molecule has 0 aromatic rings. The van der Waals surface area contributed by atoms with Gasteiger partial charge in [-0.3, -0.25) is 0 Å². The molecule has 0 N–H and O–H groups in total. The van der Waals surface area contributed by atoms with Gasteiger partial charge in [0.2, 0.25) is 0 Å². The van der Waals surface area contributed by atoms with E-state index in [0.29, 0.717) is 31.3 Å². The molecule has 0 aromatic heterocycles. The zero-order valence-corrected chi connectivity index (χ0v) is 18.3. The van der Waals surface area contributed by atoms with Gasteiger partial charge >= 0.3 is 8.80 Å². The minimum Gasteiger partial charge on any atom is -0.374 e. The highest BCUT2D eigenvalue weighted by Gasteiger charge is 2.64. The fraction of sp³-hybridized carbons (Fsp3) is 1.00. The Hall–Kier alpha value is 1.85. The van der Waals surface area contributed by atoms with E-state index in [1.54, 1.807) is 0 Å². The predicted molar refractivity (Wildman–Crippen MR) is 106 cm³/mol. The van der Waals surface area contributed by atoms with E-state index in [2.05, 4.69) is 42.4 Å². The molecule has 0 amide bonds. The second kappa shape index (κ2) is 8.49. The van der Waals surface area contributed by atoms with Crippen molar-refractivity contribution in [3.63, 3.8) is 0 Å². The fourth-order valence-electron chi connectivity index (χ4n) is 4.10.